The summed E-state index contributed by atoms with van der Waals surface area (Å²) in [6.45, 7) is -0.255. The highest BCUT2D eigenvalue weighted by molar-refractivity contribution is 5.69. The van der Waals surface area contributed by atoms with E-state index in [4.69, 9.17) is 4.74 Å². The molecule has 0 radical (unpaired) electrons. The van der Waals surface area contributed by atoms with Crippen LogP contribution in [0, 0.1) is 11.8 Å². The number of aliphatic hydroxyl groups excluding tert-OH is 2. The minimum atomic E-state index is -4.49. The lowest BCUT2D eigenvalue weighted by Gasteiger charge is -2.21. The maximum absolute atomic E-state index is 12.8. The van der Waals surface area contributed by atoms with Crippen LogP contribution >= 0.6 is 0 Å². The lowest BCUT2D eigenvalue weighted by molar-refractivity contribution is -0.140. The molecule has 0 bridgehead atoms. The molecule has 0 heterocycles. The molecular formula is C24H32F3NO6. The molecule has 5 unspecified atom stereocenters. The molecule has 1 aliphatic carbocycles. The van der Waals surface area contributed by atoms with Gasteiger partial charge in [0.25, 0.3) is 0 Å². The largest absolute Gasteiger partial charge is 0.491 e. The lowest BCUT2D eigenvalue weighted by atomic mass is 9.89. The van der Waals surface area contributed by atoms with E-state index in [0.717, 1.165) is 12.1 Å². The standard InChI is InChI=1S/C24H32F3NO6/c1-33-23(31)10-5-3-2-4-9-20-19(21(28-32)14-22(20)30)12-11-17(29)15-34-18-8-6-7-16(13-18)24(25,26)27/h2,4,6-8,11-13,17,19-22,28-30,32H,3,5,9-10,14-15H2,1H3/b4-2+,12-11+. The van der Waals surface area contributed by atoms with Crippen LogP contribution in [-0.4, -0.2) is 53.4 Å². The molecule has 0 spiro atoms. The number of hydroxylamine groups is 1. The molecule has 7 nitrogen and oxygen atoms in total. The van der Waals surface area contributed by atoms with Crippen LogP contribution < -0.4 is 10.2 Å². The van der Waals surface area contributed by atoms with Gasteiger partial charge in [0.05, 0.1) is 18.8 Å². The zero-order valence-corrected chi connectivity index (χ0v) is 18.9. The molecule has 0 aromatic heterocycles. The molecule has 1 aliphatic rings. The number of unbranched alkanes of at least 4 members (excludes halogenated alkanes) is 1. The number of esters is 1. The SMILES string of the molecule is COC(=O)CCC/C=C/CC1C(O)CC(NO)C1/C=C/C(O)COc1cccc(C(F)(F)F)c1. The first-order chi connectivity index (χ1) is 16.2. The molecule has 0 saturated heterocycles. The van der Waals surface area contributed by atoms with Crippen LogP contribution in [0.15, 0.2) is 48.6 Å². The molecule has 10 heteroatoms. The third-order valence-electron chi connectivity index (χ3n) is 5.81. The Balaban J connectivity index is 1.90. The number of alkyl halides is 3. The number of halogens is 3. The third kappa shape index (κ3) is 8.75. The molecule has 34 heavy (non-hydrogen) atoms. The Morgan fingerprint density at radius 1 is 1.32 bits per heavy atom. The summed E-state index contributed by atoms with van der Waals surface area (Å²) in [5.74, 6) is -0.779. The number of ether oxygens (including phenoxy) is 2. The van der Waals surface area contributed by atoms with E-state index in [1.807, 2.05) is 12.2 Å². The van der Waals surface area contributed by atoms with Gasteiger partial charge in [-0.2, -0.15) is 13.2 Å². The van der Waals surface area contributed by atoms with Crippen molar-refractivity contribution < 1.29 is 42.9 Å². The van der Waals surface area contributed by atoms with E-state index in [-0.39, 0.29) is 30.2 Å². The molecule has 0 amide bonds. The fourth-order valence-corrected chi connectivity index (χ4v) is 3.97. The van der Waals surface area contributed by atoms with Crippen molar-refractivity contribution in [2.45, 2.75) is 56.5 Å². The zero-order valence-electron chi connectivity index (χ0n) is 18.9. The van der Waals surface area contributed by atoms with Crippen molar-refractivity contribution in [3.8, 4) is 5.75 Å². The fraction of sp³-hybridized carbons (Fsp3) is 0.542. The lowest BCUT2D eigenvalue weighted by Crippen LogP contribution is -2.31. The molecule has 1 aromatic rings. The van der Waals surface area contributed by atoms with Crippen molar-refractivity contribution in [3.63, 3.8) is 0 Å². The first-order valence-corrected chi connectivity index (χ1v) is 11.1. The van der Waals surface area contributed by atoms with Gasteiger partial charge >= 0.3 is 12.1 Å². The smallest absolute Gasteiger partial charge is 0.416 e. The number of carbonyl (C=O) groups is 1. The van der Waals surface area contributed by atoms with Gasteiger partial charge in [-0.1, -0.05) is 30.4 Å². The highest BCUT2D eigenvalue weighted by Gasteiger charge is 2.40. The summed E-state index contributed by atoms with van der Waals surface area (Å²) in [6.07, 6.45) is 3.24. The Morgan fingerprint density at radius 3 is 2.76 bits per heavy atom. The average molecular weight is 488 g/mol. The number of benzene rings is 1. The molecule has 1 fully saturated rings. The van der Waals surface area contributed by atoms with Crippen LogP contribution in [0.5, 0.6) is 5.75 Å². The van der Waals surface area contributed by atoms with E-state index in [2.05, 4.69) is 10.2 Å². The van der Waals surface area contributed by atoms with E-state index in [1.165, 1.54) is 25.3 Å². The first kappa shape index (κ1) is 27.8. The summed E-state index contributed by atoms with van der Waals surface area (Å²) in [5, 5.41) is 30.1. The summed E-state index contributed by atoms with van der Waals surface area (Å²) in [7, 11) is 1.34. The summed E-state index contributed by atoms with van der Waals surface area (Å²) >= 11 is 0. The van der Waals surface area contributed by atoms with Gasteiger partial charge in [0.2, 0.25) is 0 Å². The number of hydrogen-bond acceptors (Lipinski definition) is 7. The van der Waals surface area contributed by atoms with Crippen molar-refractivity contribution in [2.75, 3.05) is 13.7 Å². The number of methoxy groups -OCH3 is 1. The van der Waals surface area contributed by atoms with Crippen molar-refractivity contribution in [1.29, 1.82) is 0 Å². The number of rotatable bonds is 12. The Labute approximate surface area is 196 Å². The molecule has 1 aromatic carbocycles. The number of aliphatic hydroxyl groups is 2. The van der Waals surface area contributed by atoms with Crippen molar-refractivity contribution in [1.82, 2.24) is 5.48 Å². The quantitative estimate of drug-likeness (QED) is 0.154. The van der Waals surface area contributed by atoms with Gasteiger partial charge in [-0.3, -0.25) is 4.79 Å². The Kier molecular flexibility index (Phi) is 11.0. The van der Waals surface area contributed by atoms with E-state index in [0.29, 0.717) is 32.1 Å². The van der Waals surface area contributed by atoms with Crippen LogP contribution in [0.25, 0.3) is 0 Å². The van der Waals surface area contributed by atoms with Gasteiger partial charge in [0, 0.05) is 18.4 Å². The van der Waals surface area contributed by atoms with Gasteiger partial charge in [0.15, 0.2) is 0 Å². The van der Waals surface area contributed by atoms with Crippen LogP contribution in [-0.2, 0) is 15.7 Å². The summed E-state index contributed by atoms with van der Waals surface area (Å²) in [4.78, 5) is 11.1. The highest BCUT2D eigenvalue weighted by Crippen LogP contribution is 2.36. The Hall–Kier alpha value is -2.40. The normalized spacial score (nSPS) is 24.1. The predicted octanol–water partition coefficient (Wildman–Crippen LogP) is 3.64. The minimum absolute atomic E-state index is 0.0105. The van der Waals surface area contributed by atoms with E-state index in [1.54, 1.807) is 6.08 Å². The van der Waals surface area contributed by atoms with E-state index >= 15 is 0 Å². The first-order valence-electron chi connectivity index (χ1n) is 11.1. The molecular weight excluding hydrogens is 455 g/mol. The number of hydrogen-bond donors (Lipinski definition) is 4. The third-order valence-corrected chi connectivity index (χ3v) is 5.81. The van der Waals surface area contributed by atoms with Crippen molar-refractivity contribution in [2.24, 2.45) is 11.8 Å². The summed E-state index contributed by atoms with van der Waals surface area (Å²) < 4.78 is 48.3. The maximum atomic E-state index is 12.8. The van der Waals surface area contributed by atoms with Gasteiger partial charge in [0.1, 0.15) is 18.5 Å². The molecule has 1 saturated carbocycles. The van der Waals surface area contributed by atoms with Gasteiger partial charge < -0.3 is 24.9 Å². The zero-order chi connectivity index (χ0) is 25.1. The highest BCUT2D eigenvalue weighted by atomic mass is 19.4. The van der Waals surface area contributed by atoms with Crippen LogP contribution in [0.3, 0.4) is 0 Å². The fourth-order valence-electron chi connectivity index (χ4n) is 3.97. The summed E-state index contributed by atoms with van der Waals surface area (Å²) in [5.41, 5.74) is 1.36. The van der Waals surface area contributed by atoms with Crippen LogP contribution in [0.4, 0.5) is 13.2 Å². The summed E-state index contributed by atoms with van der Waals surface area (Å²) in [6, 6.07) is 3.98. The molecule has 2 rings (SSSR count). The van der Waals surface area contributed by atoms with E-state index < -0.39 is 30.0 Å². The molecule has 5 atom stereocenters. The van der Waals surface area contributed by atoms with Crippen molar-refractivity contribution >= 4 is 5.97 Å². The maximum Gasteiger partial charge on any atom is 0.416 e. The second-order valence-corrected chi connectivity index (χ2v) is 8.24. The molecule has 4 N–H and O–H groups in total. The second kappa shape index (κ2) is 13.5. The Morgan fingerprint density at radius 2 is 2.09 bits per heavy atom. The van der Waals surface area contributed by atoms with Crippen LogP contribution in [0.2, 0.25) is 0 Å². The number of nitrogens with one attached hydrogen (secondary N) is 1. The molecule has 0 aliphatic heterocycles. The number of carbonyl (C=O) groups excluding carboxylic acids is 1. The van der Waals surface area contributed by atoms with Gasteiger partial charge in [-0.05, 0) is 49.8 Å². The van der Waals surface area contributed by atoms with E-state index in [9.17, 15) is 33.4 Å². The Bertz CT molecular complexity index is 829. The molecule has 190 valence electrons. The van der Waals surface area contributed by atoms with Crippen LogP contribution in [0.1, 0.15) is 37.7 Å². The second-order valence-electron chi connectivity index (χ2n) is 8.24. The average Bonchev–Trinajstić information content (AvgIpc) is 3.12. The minimum Gasteiger partial charge on any atom is -0.491 e. The topological polar surface area (TPSA) is 108 Å². The van der Waals surface area contributed by atoms with Gasteiger partial charge in [-0.15, -0.1) is 0 Å². The van der Waals surface area contributed by atoms with Gasteiger partial charge in [-0.25, -0.2) is 5.48 Å². The number of allylic oxidation sites excluding steroid dienone is 2. The predicted molar refractivity (Wildman–Crippen MR) is 118 cm³/mol. The van der Waals surface area contributed by atoms with Crippen molar-refractivity contribution in [3.05, 3.63) is 54.1 Å². The monoisotopic (exact) mass is 487 g/mol.